The average molecular weight is 215 g/mol. The van der Waals surface area contributed by atoms with Gasteiger partial charge in [0.1, 0.15) is 0 Å². The lowest BCUT2D eigenvalue weighted by atomic mass is 9.93. The number of unbranched alkanes of at least 4 members (excludes halogenated alkanes) is 1. The highest BCUT2D eigenvalue weighted by molar-refractivity contribution is 5.76. The third kappa shape index (κ3) is 5.78. The van der Waals surface area contributed by atoms with Crippen molar-refractivity contribution in [2.45, 2.75) is 53.0 Å². The van der Waals surface area contributed by atoms with Gasteiger partial charge < -0.3 is 10.1 Å². The molecular weight excluding hydrogens is 190 g/mol. The summed E-state index contributed by atoms with van der Waals surface area (Å²) < 4.78 is 4.75. The van der Waals surface area contributed by atoms with E-state index in [1.54, 1.807) is 0 Å². The molecule has 0 aromatic carbocycles. The van der Waals surface area contributed by atoms with Gasteiger partial charge in [0, 0.05) is 12.6 Å². The molecule has 0 spiro atoms. The van der Waals surface area contributed by atoms with Gasteiger partial charge in [0.25, 0.3) is 0 Å². The summed E-state index contributed by atoms with van der Waals surface area (Å²) in [7, 11) is 1.44. The van der Waals surface area contributed by atoms with E-state index in [1.165, 1.54) is 20.0 Å². The van der Waals surface area contributed by atoms with Gasteiger partial charge in [-0.15, -0.1) is 0 Å². The third-order valence-electron chi connectivity index (χ3n) is 2.62. The molecule has 0 fully saturated rings. The summed E-state index contributed by atoms with van der Waals surface area (Å²) in [6.07, 6.45) is 3.60. The highest BCUT2D eigenvalue weighted by Crippen LogP contribution is 2.16. The maximum Gasteiger partial charge on any atom is 0.312 e. The summed E-state index contributed by atoms with van der Waals surface area (Å²) in [5, 5.41) is 3.37. The van der Waals surface area contributed by atoms with Crippen molar-refractivity contribution in [2.75, 3.05) is 13.7 Å². The van der Waals surface area contributed by atoms with Gasteiger partial charge in [-0.2, -0.15) is 0 Å². The van der Waals surface area contributed by atoms with Crippen LogP contribution in [-0.4, -0.2) is 25.7 Å². The van der Waals surface area contributed by atoms with Gasteiger partial charge in [0.2, 0.25) is 0 Å². The second-order valence-corrected chi connectivity index (χ2v) is 4.80. The smallest absolute Gasteiger partial charge is 0.312 e. The van der Waals surface area contributed by atoms with Gasteiger partial charge in [-0.05, 0) is 27.2 Å². The Hall–Kier alpha value is -0.570. The van der Waals surface area contributed by atoms with Crippen molar-refractivity contribution in [1.29, 1.82) is 0 Å². The number of methoxy groups -OCH3 is 1. The van der Waals surface area contributed by atoms with E-state index in [1.807, 2.05) is 13.8 Å². The second-order valence-electron chi connectivity index (χ2n) is 4.80. The van der Waals surface area contributed by atoms with Crippen LogP contribution in [0.2, 0.25) is 0 Å². The van der Waals surface area contributed by atoms with Gasteiger partial charge in [0.05, 0.1) is 12.5 Å². The molecule has 3 heteroatoms. The summed E-state index contributed by atoms with van der Waals surface area (Å²) in [6, 6.07) is 0.467. The first kappa shape index (κ1) is 14.4. The molecule has 0 aliphatic heterocycles. The first-order chi connectivity index (χ1) is 6.94. The zero-order valence-corrected chi connectivity index (χ0v) is 10.7. The largest absolute Gasteiger partial charge is 0.469 e. The van der Waals surface area contributed by atoms with Gasteiger partial charge in [-0.25, -0.2) is 0 Å². The topological polar surface area (TPSA) is 38.3 Å². The predicted octanol–water partition coefficient (Wildman–Crippen LogP) is 2.35. The summed E-state index contributed by atoms with van der Waals surface area (Å²) in [5.74, 6) is -0.155. The molecule has 1 atom stereocenters. The molecule has 0 amide bonds. The molecule has 0 aliphatic carbocycles. The quantitative estimate of drug-likeness (QED) is 0.662. The number of rotatable bonds is 7. The number of hydrogen-bond acceptors (Lipinski definition) is 3. The molecule has 0 aliphatic rings. The van der Waals surface area contributed by atoms with Crippen LogP contribution in [0, 0.1) is 5.41 Å². The maximum atomic E-state index is 11.4. The molecule has 0 saturated carbocycles. The SMILES string of the molecule is CCCCC(C)NCC(C)(C)C(=O)OC. The normalized spacial score (nSPS) is 13.7. The lowest BCUT2D eigenvalue weighted by molar-refractivity contribution is -0.150. The van der Waals surface area contributed by atoms with Gasteiger partial charge in [0.15, 0.2) is 0 Å². The van der Waals surface area contributed by atoms with Crippen LogP contribution >= 0.6 is 0 Å². The second kappa shape index (κ2) is 6.83. The Balaban J connectivity index is 3.87. The van der Waals surface area contributed by atoms with Gasteiger partial charge in [-0.3, -0.25) is 4.79 Å². The summed E-state index contributed by atoms with van der Waals surface area (Å²) in [5.41, 5.74) is -0.435. The fraction of sp³-hybridized carbons (Fsp3) is 0.917. The zero-order valence-electron chi connectivity index (χ0n) is 10.7. The molecule has 0 radical (unpaired) electrons. The molecular formula is C12H25NO2. The maximum absolute atomic E-state index is 11.4. The van der Waals surface area contributed by atoms with Crippen LogP contribution in [0.25, 0.3) is 0 Å². The number of carbonyl (C=O) groups excluding carboxylic acids is 1. The minimum Gasteiger partial charge on any atom is -0.469 e. The summed E-state index contributed by atoms with van der Waals surface area (Å²) in [6.45, 7) is 8.81. The first-order valence-corrected chi connectivity index (χ1v) is 5.75. The highest BCUT2D eigenvalue weighted by Gasteiger charge is 2.28. The molecule has 1 unspecified atom stereocenters. The van der Waals surface area contributed by atoms with Crippen molar-refractivity contribution in [2.24, 2.45) is 5.41 Å². The third-order valence-corrected chi connectivity index (χ3v) is 2.62. The fourth-order valence-electron chi connectivity index (χ4n) is 1.39. The molecule has 90 valence electrons. The van der Waals surface area contributed by atoms with Crippen molar-refractivity contribution < 1.29 is 9.53 Å². The zero-order chi connectivity index (χ0) is 11.9. The van der Waals surface area contributed by atoms with E-state index < -0.39 is 5.41 Å². The van der Waals surface area contributed by atoms with E-state index in [-0.39, 0.29) is 5.97 Å². The van der Waals surface area contributed by atoms with Crippen molar-refractivity contribution in [3.05, 3.63) is 0 Å². The predicted molar refractivity (Wildman–Crippen MR) is 62.8 cm³/mol. The monoisotopic (exact) mass is 215 g/mol. The van der Waals surface area contributed by atoms with E-state index in [0.717, 1.165) is 6.42 Å². The van der Waals surface area contributed by atoms with Crippen LogP contribution in [0.1, 0.15) is 47.0 Å². The van der Waals surface area contributed by atoms with Crippen LogP contribution in [-0.2, 0) is 9.53 Å². The Morgan fingerprint density at radius 1 is 1.47 bits per heavy atom. The average Bonchev–Trinajstić information content (AvgIpc) is 2.22. The number of ether oxygens (including phenoxy) is 1. The Kier molecular flexibility index (Phi) is 6.57. The van der Waals surface area contributed by atoms with E-state index >= 15 is 0 Å². The lowest BCUT2D eigenvalue weighted by Crippen LogP contribution is -2.40. The Labute approximate surface area is 93.6 Å². The fourth-order valence-corrected chi connectivity index (χ4v) is 1.39. The minimum absolute atomic E-state index is 0.155. The van der Waals surface area contributed by atoms with Gasteiger partial charge in [-0.1, -0.05) is 19.8 Å². The molecule has 1 N–H and O–H groups in total. The number of nitrogens with one attached hydrogen (secondary N) is 1. The first-order valence-electron chi connectivity index (χ1n) is 5.75. The Bertz CT molecular complexity index is 190. The molecule has 0 saturated heterocycles. The Morgan fingerprint density at radius 2 is 2.07 bits per heavy atom. The standard InChI is InChI=1S/C12H25NO2/c1-6-7-8-10(2)13-9-12(3,4)11(14)15-5/h10,13H,6-9H2,1-5H3. The van der Waals surface area contributed by atoms with Gasteiger partial charge >= 0.3 is 5.97 Å². The molecule has 0 aromatic rings. The highest BCUT2D eigenvalue weighted by atomic mass is 16.5. The number of carbonyl (C=O) groups is 1. The van der Waals surface area contributed by atoms with E-state index in [9.17, 15) is 4.79 Å². The van der Waals surface area contributed by atoms with E-state index in [2.05, 4.69) is 19.2 Å². The summed E-state index contributed by atoms with van der Waals surface area (Å²) in [4.78, 5) is 11.4. The molecule has 15 heavy (non-hydrogen) atoms. The van der Waals surface area contributed by atoms with Crippen molar-refractivity contribution in [3.63, 3.8) is 0 Å². The molecule has 0 aromatic heterocycles. The van der Waals surface area contributed by atoms with Crippen LogP contribution in [0.4, 0.5) is 0 Å². The minimum atomic E-state index is -0.435. The van der Waals surface area contributed by atoms with Crippen molar-refractivity contribution >= 4 is 5.97 Å². The number of esters is 1. The van der Waals surface area contributed by atoms with E-state index in [4.69, 9.17) is 4.74 Å². The van der Waals surface area contributed by atoms with Crippen LogP contribution in [0.5, 0.6) is 0 Å². The van der Waals surface area contributed by atoms with Crippen LogP contribution in [0.3, 0.4) is 0 Å². The molecule has 3 nitrogen and oxygen atoms in total. The molecule has 0 heterocycles. The van der Waals surface area contributed by atoms with Crippen molar-refractivity contribution in [3.8, 4) is 0 Å². The van der Waals surface area contributed by atoms with Crippen LogP contribution < -0.4 is 5.32 Å². The van der Waals surface area contributed by atoms with Crippen LogP contribution in [0.15, 0.2) is 0 Å². The Morgan fingerprint density at radius 3 is 2.53 bits per heavy atom. The van der Waals surface area contributed by atoms with E-state index in [0.29, 0.717) is 12.6 Å². The molecule has 0 rings (SSSR count). The molecule has 0 bridgehead atoms. The lowest BCUT2D eigenvalue weighted by Gasteiger charge is -2.24. The van der Waals surface area contributed by atoms with Crippen molar-refractivity contribution in [1.82, 2.24) is 5.32 Å². The summed E-state index contributed by atoms with van der Waals surface area (Å²) >= 11 is 0. The number of hydrogen-bond donors (Lipinski definition) is 1.